The van der Waals surface area contributed by atoms with Crippen LogP contribution in [-0.2, 0) is 16.4 Å². The van der Waals surface area contributed by atoms with Crippen LogP contribution in [-0.4, -0.2) is 13.4 Å². The Morgan fingerprint density at radius 3 is 2.27 bits per heavy atom. The highest BCUT2D eigenvalue weighted by molar-refractivity contribution is 7.92. The van der Waals surface area contributed by atoms with E-state index in [2.05, 4.69) is 9.71 Å². The Kier molecular flexibility index (Phi) is 5.81. The van der Waals surface area contributed by atoms with E-state index in [1.807, 2.05) is 30.3 Å². The quantitative estimate of drug-likeness (QED) is 0.382. The number of anilines is 1. The molecule has 30 heavy (non-hydrogen) atoms. The summed E-state index contributed by atoms with van der Waals surface area (Å²) in [5, 5.41) is 0.800. The lowest BCUT2D eigenvalue weighted by atomic mass is 10.1. The summed E-state index contributed by atoms with van der Waals surface area (Å²) >= 11 is 12.5. The maximum atomic E-state index is 12.9. The minimum atomic E-state index is -3.87. The minimum Gasteiger partial charge on any atom is -0.438 e. The molecule has 5 nitrogen and oxygen atoms in total. The van der Waals surface area contributed by atoms with Crippen LogP contribution in [0, 0.1) is 0 Å². The lowest BCUT2D eigenvalue weighted by Crippen LogP contribution is -2.13. The smallest absolute Gasteiger partial charge is 0.263 e. The second kappa shape index (κ2) is 8.52. The van der Waals surface area contributed by atoms with Crippen LogP contribution in [0.5, 0.6) is 0 Å². The normalized spacial score (nSPS) is 11.4. The lowest BCUT2D eigenvalue weighted by Gasteiger charge is -2.08. The van der Waals surface area contributed by atoms with Gasteiger partial charge in [-0.1, -0.05) is 71.7 Å². The molecule has 152 valence electrons. The van der Waals surface area contributed by atoms with Crippen LogP contribution in [0.4, 0.5) is 5.82 Å². The number of hydrogen-bond donors (Lipinski definition) is 1. The van der Waals surface area contributed by atoms with Gasteiger partial charge in [-0.3, -0.25) is 4.72 Å². The van der Waals surface area contributed by atoms with Crippen molar-refractivity contribution in [3.05, 3.63) is 100 Å². The molecule has 0 aliphatic rings. The first-order valence-electron chi connectivity index (χ1n) is 8.99. The van der Waals surface area contributed by atoms with E-state index in [0.717, 1.165) is 5.56 Å². The van der Waals surface area contributed by atoms with Gasteiger partial charge in [0.1, 0.15) is 0 Å². The van der Waals surface area contributed by atoms with E-state index in [9.17, 15) is 8.42 Å². The molecule has 0 saturated carbocycles. The number of benzene rings is 3. The van der Waals surface area contributed by atoms with Crippen molar-refractivity contribution in [1.29, 1.82) is 0 Å². The molecule has 0 saturated heterocycles. The van der Waals surface area contributed by atoms with E-state index in [4.69, 9.17) is 27.6 Å². The first-order chi connectivity index (χ1) is 14.4. The third-order valence-corrected chi connectivity index (χ3v) is 6.25. The van der Waals surface area contributed by atoms with Gasteiger partial charge < -0.3 is 4.42 Å². The fourth-order valence-corrected chi connectivity index (χ4v) is 4.32. The highest BCUT2D eigenvalue weighted by Gasteiger charge is 2.23. The number of aromatic nitrogens is 1. The molecule has 0 radical (unpaired) electrons. The summed E-state index contributed by atoms with van der Waals surface area (Å²) in [6.45, 7) is 0. The number of hydrogen-bond acceptors (Lipinski definition) is 4. The van der Waals surface area contributed by atoms with Crippen LogP contribution in [0.15, 0.2) is 88.2 Å². The fourth-order valence-electron chi connectivity index (χ4n) is 2.92. The number of nitrogens with zero attached hydrogens (tertiary/aromatic N) is 1. The Morgan fingerprint density at radius 2 is 1.57 bits per heavy atom. The van der Waals surface area contributed by atoms with Gasteiger partial charge in [0.05, 0.1) is 9.92 Å². The number of halogens is 2. The van der Waals surface area contributed by atoms with Crippen molar-refractivity contribution in [2.45, 2.75) is 11.3 Å². The second-order valence-electron chi connectivity index (χ2n) is 6.49. The topological polar surface area (TPSA) is 72.2 Å². The largest absolute Gasteiger partial charge is 0.438 e. The Balaban J connectivity index is 1.78. The van der Waals surface area contributed by atoms with Gasteiger partial charge in [0, 0.05) is 17.0 Å². The Bertz CT molecular complexity index is 1270. The maximum absolute atomic E-state index is 12.9. The first kappa shape index (κ1) is 20.5. The molecule has 0 aliphatic carbocycles. The van der Waals surface area contributed by atoms with Crippen LogP contribution in [0.3, 0.4) is 0 Å². The minimum absolute atomic E-state index is 0.0500. The SMILES string of the molecule is O=S(=O)(Nc1nc(Cc2ccccc2)oc1-c1cc(Cl)ccc1Cl)c1ccccc1. The van der Waals surface area contributed by atoms with Crippen LogP contribution in [0.2, 0.25) is 10.0 Å². The molecule has 4 rings (SSSR count). The maximum Gasteiger partial charge on any atom is 0.263 e. The number of sulfonamides is 1. The van der Waals surface area contributed by atoms with Gasteiger partial charge in [0.25, 0.3) is 10.0 Å². The van der Waals surface area contributed by atoms with Gasteiger partial charge in [-0.15, -0.1) is 0 Å². The third-order valence-electron chi connectivity index (χ3n) is 4.33. The van der Waals surface area contributed by atoms with Crippen molar-refractivity contribution in [3.8, 4) is 11.3 Å². The molecule has 1 aromatic heterocycles. The summed E-state index contributed by atoms with van der Waals surface area (Å²) in [6, 6.07) is 22.5. The average Bonchev–Trinajstić information content (AvgIpc) is 3.12. The molecule has 0 unspecified atom stereocenters. The number of oxazole rings is 1. The molecule has 0 aliphatic heterocycles. The highest BCUT2D eigenvalue weighted by Crippen LogP contribution is 2.37. The Labute approximate surface area is 184 Å². The molecule has 8 heteroatoms. The standard InChI is InChI=1S/C22H16Cl2N2O3S/c23-16-11-12-19(24)18(14-16)21-22(26-30(27,28)17-9-5-2-6-10-17)25-20(29-21)13-15-7-3-1-4-8-15/h1-12,14,26H,13H2. The van der Waals surface area contributed by atoms with E-state index in [0.29, 0.717) is 27.9 Å². The zero-order valence-corrected chi connectivity index (χ0v) is 17.9. The van der Waals surface area contributed by atoms with E-state index in [-0.39, 0.29) is 16.5 Å². The van der Waals surface area contributed by atoms with Gasteiger partial charge in [-0.25, -0.2) is 8.42 Å². The van der Waals surface area contributed by atoms with Crippen molar-refractivity contribution in [2.75, 3.05) is 4.72 Å². The van der Waals surface area contributed by atoms with Gasteiger partial charge in [-0.05, 0) is 35.9 Å². The van der Waals surface area contributed by atoms with Crippen LogP contribution >= 0.6 is 23.2 Å². The van der Waals surface area contributed by atoms with Gasteiger partial charge in [-0.2, -0.15) is 4.98 Å². The van der Waals surface area contributed by atoms with Gasteiger partial charge in [0.15, 0.2) is 11.6 Å². The molecule has 0 atom stereocenters. The summed E-state index contributed by atoms with van der Waals surface area (Å²) in [7, 11) is -3.87. The van der Waals surface area contributed by atoms with Crippen LogP contribution in [0.1, 0.15) is 11.5 Å². The zero-order chi connectivity index (χ0) is 21.1. The summed E-state index contributed by atoms with van der Waals surface area (Å²) in [6.07, 6.45) is 0.388. The molecular formula is C22H16Cl2N2O3S. The predicted molar refractivity (Wildman–Crippen MR) is 118 cm³/mol. The molecule has 1 N–H and O–H groups in total. The molecule has 3 aromatic carbocycles. The van der Waals surface area contributed by atoms with E-state index in [1.165, 1.54) is 12.1 Å². The average molecular weight is 459 g/mol. The Morgan fingerprint density at radius 1 is 0.900 bits per heavy atom. The van der Waals surface area contributed by atoms with Gasteiger partial charge in [0.2, 0.25) is 5.89 Å². The third kappa shape index (κ3) is 4.51. The Hall–Kier alpha value is -2.80. The summed E-state index contributed by atoms with van der Waals surface area (Å²) in [5.41, 5.74) is 1.42. The molecule has 4 aromatic rings. The lowest BCUT2D eigenvalue weighted by molar-refractivity contribution is 0.519. The zero-order valence-electron chi connectivity index (χ0n) is 15.5. The molecular weight excluding hydrogens is 443 g/mol. The highest BCUT2D eigenvalue weighted by atomic mass is 35.5. The van der Waals surface area contributed by atoms with Crippen molar-refractivity contribution in [1.82, 2.24) is 4.98 Å². The molecule has 0 spiro atoms. The summed E-state index contributed by atoms with van der Waals surface area (Å²) in [4.78, 5) is 4.52. The second-order valence-corrected chi connectivity index (χ2v) is 9.02. The summed E-state index contributed by atoms with van der Waals surface area (Å²) in [5.74, 6) is 0.597. The molecule has 0 bridgehead atoms. The van der Waals surface area contributed by atoms with Gasteiger partial charge >= 0.3 is 0 Å². The van der Waals surface area contributed by atoms with Crippen molar-refractivity contribution < 1.29 is 12.8 Å². The van der Waals surface area contributed by atoms with Crippen molar-refractivity contribution in [2.24, 2.45) is 0 Å². The van der Waals surface area contributed by atoms with E-state index < -0.39 is 10.0 Å². The van der Waals surface area contributed by atoms with Crippen molar-refractivity contribution >= 4 is 39.0 Å². The van der Waals surface area contributed by atoms with Crippen LogP contribution in [0.25, 0.3) is 11.3 Å². The van der Waals surface area contributed by atoms with Crippen LogP contribution < -0.4 is 4.72 Å². The molecule has 0 fully saturated rings. The monoisotopic (exact) mass is 458 g/mol. The number of rotatable bonds is 6. The molecule has 0 amide bonds. The molecule has 1 heterocycles. The van der Waals surface area contributed by atoms with Crippen molar-refractivity contribution in [3.63, 3.8) is 0 Å². The number of nitrogens with one attached hydrogen (secondary N) is 1. The van der Waals surface area contributed by atoms with E-state index in [1.54, 1.807) is 36.4 Å². The predicted octanol–water partition coefficient (Wildman–Crippen LogP) is 6.04. The fraction of sp³-hybridized carbons (Fsp3) is 0.0455. The summed E-state index contributed by atoms with van der Waals surface area (Å²) < 4.78 is 34.2. The van der Waals surface area contributed by atoms with E-state index >= 15 is 0 Å². The first-order valence-corrected chi connectivity index (χ1v) is 11.2.